The molecule has 2 atom stereocenters. The Kier molecular flexibility index (Phi) is 15.2. The van der Waals surface area contributed by atoms with Crippen molar-refractivity contribution in [2.45, 2.75) is 26.2 Å². The molecule has 8 nitrogen and oxygen atoms in total. The number of hydrogen-bond acceptors (Lipinski definition) is 8. The van der Waals surface area contributed by atoms with Crippen molar-refractivity contribution in [2.75, 3.05) is 26.4 Å². The van der Waals surface area contributed by atoms with E-state index in [0.29, 0.717) is 0 Å². The minimum absolute atomic E-state index is 0. The Balaban J connectivity index is -0.000000372. The molecule has 2 unspecified atom stereocenters. The van der Waals surface area contributed by atoms with E-state index in [9.17, 15) is 45.3 Å². The van der Waals surface area contributed by atoms with Crippen LogP contribution in [0.15, 0.2) is 0 Å². The molecule has 17 heteroatoms. The monoisotopic (exact) mass is 469 g/mol. The molecule has 0 aromatic carbocycles. The first-order chi connectivity index (χ1) is 10.5. The van der Waals surface area contributed by atoms with Gasteiger partial charge in [0.25, 0.3) is 15.6 Å². The first-order valence-corrected chi connectivity index (χ1v) is 8.79. The molecule has 0 saturated heterocycles. The fourth-order valence-corrected chi connectivity index (χ4v) is 2.09. The zero-order valence-corrected chi connectivity index (χ0v) is 15.6. The summed E-state index contributed by atoms with van der Waals surface area (Å²) in [6.07, 6.45) is -9.34. The summed E-state index contributed by atoms with van der Waals surface area (Å²) in [4.78, 5) is 20.7. The number of phosphoric acid groups is 2. The number of alkyl halides is 6. The third-order valence-corrected chi connectivity index (χ3v) is 3.39. The molecule has 0 spiro atoms. The van der Waals surface area contributed by atoms with Crippen molar-refractivity contribution in [1.29, 1.82) is 0 Å². The number of rotatable bonds is 8. The second-order valence-corrected chi connectivity index (χ2v) is 6.33. The molecule has 0 aliphatic rings. The van der Waals surface area contributed by atoms with Crippen LogP contribution in [0.3, 0.4) is 0 Å². The van der Waals surface area contributed by atoms with Crippen molar-refractivity contribution in [3.05, 3.63) is 0 Å². The summed E-state index contributed by atoms with van der Waals surface area (Å²) >= 11 is 0. The number of hydrogen-bond donors (Lipinski definition) is 0. The van der Waals surface area contributed by atoms with Crippen LogP contribution in [0.2, 0.25) is 0 Å². The topological polar surface area (TPSA) is 117 Å². The Labute approximate surface area is 149 Å². The van der Waals surface area contributed by atoms with Crippen molar-refractivity contribution in [3.63, 3.8) is 0 Å². The fraction of sp³-hybridized carbons (Fsp3) is 1.00. The third-order valence-electron chi connectivity index (χ3n) is 1.35. The quantitative estimate of drug-likeness (QED) is 0.302. The fourth-order valence-electron chi connectivity index (χ4n) is 0.695. The minimum Gasteiger partial charge on any atom is -0.756 e. The van der Waals surface area contributed by atoms with E-state index in [-0.39, 0.29) is 30.3 Å². The van der Waals surface area contributed by atoms with Crippen molar-refractivity contribution < 1.29 is 80.4 Å². The van der Waals surface area contributed by atoms with Gasteiger partial charge in [0.05, 0.1) is 13.2 Å². The van der Waals surface area contributed by atoms with Crippen molar-refractivity contribution in [3.8, 4) is 0 Å². The second-order valence-electron chi connectivity index (χ2n) is 3.51. The van der Waals surface area contributed by atoms with Gasteiger partial charge >= 0.3 is 29.4 Å². The van der Waals surface area contributed by atoms with E-state index in [1.807, 2.05) is 0 Å². The van der Waals surface area contributed by atoms with Gasteiger partial charge < -0.3 is 27.9 Å². The molecule has 0 amide bonds. The van der Waals surface area contributed by atoms with Gasteiger partial charge in [-0.15, -0.1) is 0 Å². The summed E-state index contributed by atoms with van der Waals surface area (Å²) in [6.45, 7) is -1.57. The summed E-state index contributed by atoms with van der Waals surface area (Å²) in [5.41, 5.74) is 0. The largest absolute Gasteiger partial charge is 2.00 e. The van der Waals surface area contributed by atoms with Crippen LogP contribution in [-0.4, -0.2) is 38.8 Å². The number of phosphoric ester groups is 2. The molecule has 0 fully saturated rings. The SMILES string of the molecule is CCOP(=O)([O-])OCC(F)(F)F.CCOP(=O)([O-])OCC(F)(F)F.[Mn+2]. The summed E-state index contributed by atoms with van der Waals surface area (Å²) in [7, 11) is -9.52. The predicted octanol–water partition coefficient (Wildman–Crippen LogP) is 2.14. The van der Waals surface area contributed by atoms with E-state index in [0.717, 1.165) is 0 Å². The molecule has 1 radical (unpaired) electrons. The molecule has 0 bridgehead atoms. The predicted molar refractivity (Wildman–Crippen MR) is 62.5 cm³/mol. The van der Waals surface area contributed by atoms with E-state index in [2.05, 4.69) is 18.1 Å². The van der Waals surface area contributed by atoms with Crippen LogP contribution in [0, 0.1) is 0 Å². The van der Waals surface area contributed by atoms with E-state index in [1.54, 1.807) is 0 Å². The normalized spacial score (nSPS) is 16.7. The average molecular weight is 469 g/mol. The van der Waals surface area contributed by atoms with Gasteiger partial charge in [-0.1, -0.05) is 0 Å². The molecule has 25 heavy (non-hydrogen) atoms. The van der Waals surface area contributed by atoms with Gasteiger partial charge in [0.2, 0.25) is 0 Å². The molecule has 153 valence electrons. The van der Waals surface area contributed by atoms with Crippen molar-refractivity contribution >= 4 is 15.6 Å². The van der Waals surface area contributed by atoms with Gasteiger partial charge in [0.15, 0.2) is 13.2 Å². The Hall–Kier alpha value is 0.319. The van der Waals surface area contributed by atoms with Crippen LogP contribution >= 0.6 is 15.6 Å². The smallest absolute Gasteiger partial charge is 0.756 e. The molecule has 0 aliphatic carbocycles. The summed E-state index contributed by atoms with van der Waals surface area (Å²) in [6, 6.07) is 0. The van der Waals surface area contributed by atoms with Gasteiger partial charge in [-0.05, 0) is 13.8 Å². The molecule has 0 N–H and O–H groups in total. The summed E-state index contributed by atoms with van der Waals surface area (Å²) in [5.74, 6) is 0. The van der Waals surface area contributed by atoms with Crippen LogP contribution in [-0.2, 0) is 44.3 Å². The van der Waals surface area contributed by atoms with Crippen LogP contribution in [0.4, 0.5) is 26.3 Å². The van der Waals surface area contributed by atoms with Crippen LogP contribution in [0.5, 0.6) is 0 Å². The molecule has 0 aliphatic heterocycles. The Morgan fingerprint density at radius 2 is 0.960 bits per heavy atom. The molecule has 0 aromatic heterocycles. The van der Waals surface area contributed by atoms with E-state index in [1.165, 1.54) is 13.8 Å². The van der Waals surface area contributed by atoms with Gasteiger partial charge in [-0.3, -0.25) is 9.13 Å². The maximum Gasteiger partial charge on any atom is 2.00 e. The Morgan fingerprint density at radius 1 is 0.720 bits per heavy atom. The van der Waals surface area contributed by atoms with Crippen LogP contribution in [0.1, 0.15) is 13.8 Å². The zero-order chi connectivity index (χ0) is 19.7. The van der Waals surface area contributed by atoms with Crippen LogP contribution < -0.4 is 9.79 Å². The first kappa shape index (κ1) is 30.1. The molecule has 0 heterocycles. The number of halogens is 6. The van der Waals surface area contributed by atoms with E-state index >= 15 is 0 Å². The average Bonchev–Trinajstić information content (AvgIpc) is 2.34. The molecule has 0 rings (SSSR count). The van der Waals surface area contributed by atoms with Gasteiger partial charge in [-0.25, -0.2) is 0 Å². The molecule has 0 aromatic rings. The van der Waals surface area contributed by atoms with Gasteiger partial charge in [-0.2, -0.15) is 26.3 Å². The van der Waals surface area contributed by atoms with Crippen LogP contribution in [0.25, 0.3) is 0 Å². The van der Waals surface area contributed by atoms with Crippen molar-refractivity contribution in [1.82, 2.24) is 0 Å². The second kappa shape index (κ2) is 12.7. The van der Waals surface area contributed by atoms with E-state index in [4.69, 9.17) is 0 Å². The molecular weight excluding hydrogens is 455 g/mol. The summed E-state index contributed by atoms with van der Waals surface area (Å²) in [5, 5.41) is 0. The first-order valence-electron chi connectivity index (χ1n) is 5.87. The van der Waals surface area contributed by atoms with E-state index < -0.39 is 41.2 Å². The maximum absolute atomic E-state index is 11.4. The van der Waals surface area contributed by atoms with Gasteiger partial charge in [0.1, 0.15) is 0 Å². The maximum atomic E-state index is 11.4. The molecular formula is C8H14F6MnO8P2. The molecule has 0 saturated carbocycles. The Morgan fingerprint density at radius 3 is 1.12 bits per heavy atom. The Bertz CT molecular complexity index is 405. The summed E-state index contributed by atoms with van der Waals surface area (Å²) < 4.78 is 104. The van der Waals surface area contributed by atoms with Gasteiger partial charge in [0, 0.05) is 0 Å². The van der Waals surface area contributed by atoms with Crippen molar-refractivity contribution in [2.24, 2.45) is 0 Å². The third kappa shape index (κ3) is 24.3. The standard InChI is InChI=1S/2C4H8F3O4P.Mn/c2*1-2-10-12(8,9)11-3-4(5,6)7;/h2*2-3H2,1H3,(H,8,9);/q;;+2/p-2. The zero-order valence-electron chi connectivity index (χ0n) is 12.6. The minimum atomic E-state index is -4.76.